The summed E-state index contributed by atoms with van der Waals surface area (Å²) in [5, 5.41) is 1.14. The van der Waals surface area contributed by atoms with E-state index in [9.17, 15) is 0 Å². The highest BCUT2D eigenvalue weighted by molar-refractivity contribution is 9.09. The molecule has 0 saturated carbocycles. The molecule has 90 valence electrons. The molecule has 0 amide bonds. The summed E-state index contributed by atoms with van der Waals surface area (Å²) < 4.78 is 0.906. The maximum atomic E-state index is 5.95. The van der Waals surface area contributed by atoms with Crippen molar-refractivity contribution in [1.29, 1.82) is 0 Å². The van der Waals surface area contributed by atoms with Crippen LogP contribution in [-0.2, 0) is 6.54 Å². The van der Waals surface area contributed by atoms with Gasteiger partial charge in [0.15, 0.2) is 0 Å². The fourth-order valence-electron chi connectivity index (χ4n) is 2.34. The van der Waals surface area contributed by atoms with Crippen LogP contribution in [0.15, 0.2) is 12.1 Å². The Hall–Kier alpha value is 0.430. The second-order valence-electron chi connectivity index (χ2n) is 4.43. The molecule has 2 heterocycles. The van der Waals surface area contributed by atoms with E-state index in [0.29, 0.717) is 0 Å². The molecule has 0 bridgehead atoms. The summed E-state index contributed by atoms with van der Waals surface area (Å²) in [6.45, 7) is 3.57. The lowest BCUT2D eigenvalue weighted by molar-refractivity contribution is 0.167. The third kappa shape index (κ3) is 3.73. The molecule has 0 N–H and O–H groups in total. The average molecular weight is 323 g/mol. The Kier molecular flexibility index (Phi) is 5.14. The standard InChI is InChI=1S/C12H17BrClNS/c13-6-5-10-2-1-7-15(8-10)9-11-3-4-12(14)16-11/h3-4,10H,1-2,5-9H2. The molecule has 16 heavy (non-hydrogen) atoms. The second-order valence-corrected chi connectivity index (χ2v) is 7.02. The molecule has 0 aliphatic carbocycles. The molecule has 1 aliphatic heterocycles. The van der Waals surface area contributed by atoms with E-state index >= 15 is 0 Å². The van der Waals surface area contributed by atoms with Crippen molar-refractivity contribution in [2.75, 3.05) is 18.4 Å². The molecular weight excluding hydrogens is 306 g/mol. The van der Waals surface area contributed by atoms with E-state index in [1.807, 2.05) is 6.07 Å². The molecule has 1 aromatic rings. The van der Waals surface area contributed by atoms with Crippen molar-refractivity contribution in [3.05, 3.63) is 21.3 Å². The average Bonchev–Trinajstić information content (AvgIpc) is 2.65. The predicted molar refractivity (Wildman–Crippen MR) is 75.7 cm³/mol. The van der Waals surface area contributed by atoms with Gasteiger partial charge in [0.2, 0.25) is 0 Å². The van der Waals surface area contributed by atoms with Crippen LogP contribution in [0.5, 0.6) is 0 Å². The van der Waals surface area contributed by atoms with Crippen LogP contribution in [0, 0.1) is 5.92 Å². The molecule has 0 aromatic carbocycles. The van der Waals surface area contributed by atoms with Gasteiger partial charge in [-0.3, -0.25) is 4.90 Å². The fraction of sp³-hybridized carbons (Fsp3) is 0.667. The number of hydrogen-bond donors (Lipinski definition) is 0. The number of rotatable bonds is 4. The first-order chi connectivity index (χ1) is 7.78. The summed E-state index contributed by atoms with van der Waals surface area (Å²) in [7, 11) is 0. The molecule has 4 heteroatoms. The monoisotopic (exact) mass is 321 g/mol. The summed E-state index contributed by atoms with van der Waals surface area (Å²) in [5.74, 6) is 0.878. The van der Waals surface area contributed by atoms with Crippen molar-refractivity contribution in [2.24, 2.45) is 5.92 Å². The van der Waals surface area contributed by atoms with Gasteiger partial charge in [-0.2, -0.15) is 0 Å². The summed E-state index contributed by atoms with van der Waals surface area (Å²) in [5.41, 5.74) is 0. The highest BCUT2D eigenvalue weighted by Gasteiger charge is 2.19. The van der Waals surface area contributed by atoms with Gasteiger partial charge < -0.3 is 0 Å². The number of thiophene rings is 1. The van der Waals surface area contributed by atoms with Crippen LogP contribution in [0.2, 0.25) is 4.34 Å². The highest BCUT2D eigenvalue weighted by Crippen LogP contribution is 2.26. The lowest BCUT2D eigenvalue weighted by atomic mass is 9.96. The topological polar surface area (TPSA) is 3.24 Å². The number of alkyl halides is 1. The third-order valence-electron chi connectivity index (χ3n) is 3.13. The Morgan fingerprint density at radius 1 is 1.50 bits per heavy atom. The van der Waals surface area contributed by atoms with Crippen LogP contribution in [-0.4, -0.2) is 23.3 Å². The molecule has 1 saturated heterocycles. The van der Waals surface area contributed by atoms with Gasteiger partial charge >= 0.3 is 0 Å². The van der Waals surface area contributed by atoms with Gasteiger partial charge in [0, 0.05) is 23.3 Å². The van der Waals surface area contributed by atoms with Crippen molar-refractivity contribution in [3.8, 4) is 0 Å². The van der Waals surface area contributed by atoms with Crippen LogP contribution in [0.1, 0.15) is 24.1 Å². The number of likely N-dealkylation sites (tertiary alicyclic amines) is 1. The van der Waals surface area contributed by atoms with Gasteiger partial charge in [-0.15, -0.1) is 11.3 Å². The van der Waals surface area contributed by atoms with Crippen molar-refractivity contribution in [3.63, 3.8) is 0 Å². The van der Waals surface area contributed by atoms with E-state index in [0.717, 1.165) is 22.1 Å². The quantitative estimate of drug-likeness (QED) is 0.743. The summed E-state index contributed by atoms with van der Waals surface area (Å²) in [6, 6.07) is 4.16. The minimum absolute atomic E-state index is 0.878. The first-order valence-corrected chi connectivity index (χ1v) is 8.12. The van der Waals surface area contributed by atoms with Gasteiger partial charge in [0.25, 0.3) is 0 Å². The van der Waals surface area contributed by atoms with Gasteiger partial charge in [-0.1, -0.05) is 27.5 Å². The van der Waals surface area contributed by atoms with Crippen LogP contribution in [0.3, 0.4) is 0 Å². The van der Waals surface area contributed by atoms with Crippen molar-refractivity contribution in [1.82, 2.24) is 4.90 Å². The van der Waals surface area contributed by atoms with Gasteiger partial charge in [0.05, 0.1) is 4.34 Å². The van der Waals surface area contributed by atoms with E-state index in [-0.39, 0.29) is 0 Å². The van der Waals surface area contributed by atoms with E-state index in [1.54, 1.807) is 11.3 Å². The SMILES string of the molecule is Clc1ccc(CN2CCCC(CCBr)C2)s1. The summed E-state index contributed by atoms with van der Waals surface area (Å²) in [6.07, 6.45) is 4.05. The fourth-order valence-corrected chi connectivity index (χ4v) is 4.12. The lowest BCUT2D eigenvalue weighted by Gasteiger charge is -2.32. The zero-order valence-corrected chi connectivity index (χ0v) is 12.5. The molecule has 1 aromatic heterocycles. The van der Waals surface area contributed by atoms with Crippen LogP contribution >= 0.6 is 38.9 Å². The van der Waals surface area contributed by atoms with Gasteiger partial charge in [0.1, 0.15) is 0 Å². The molecule has 0 radical (unpaired) electrons. The number of piperidine rings is 1. The van der Waals surface area contributed by atoms with E-state index in [1.165, 1.54) is 37.2 Å². The molecule has 1 atom stereocenters. The molecule has 1 nitrogen and oxygen atoms in total. The smallest absolute Gasteiger partial charge is 0.0931 e. The van der Waals surface area contributed by atoms with Crippen molar-refractivity contribution in [2.45, 2.75) is 25.8 Å². The van der Waals surface area contributed by atoms with Crippen LogP contribution in [0.4, 0.5) is 0 Å². The number of nitrogens with zero attached hydrogens (tertiary/aromatic N) is 1. The molecule has 1 fully saturated rings. The Labute approximate surface area is 115 Å². The molecule has 1 aliphatic rings. The minimum Gasteiger partial charge on any atom is -0.298 e. The van der Waals surface area contributed by atoms with Gasteiger partial charge in [-0.25, -0.2) is 0 Å². The zero-order valence-electron chi connectivity index (χ0n) is 9.29. The minimum atomic E-state index is 0.878. The first-order valence-electron chi connectivity index (χ1n) is 5.80. The Morgan fingerprint density at radius 2 is 2.38 bits per heavy atom. The second kappa shape index (κ2) is 6.39. The maximum absolute atomic E-state index is 5.95. The first kappa shape index (κ1) is 12.9. The zero-order chi connectivity index (χ0) is 11.4. The number of halogens is 2. The summed E-state index contributed by atoms with van der Waals surface area (Å²) in [4.78, 5) is 3.96. The van der Waals surface area contributed by atoms with Crippen molar-refractivity contribution >= 4 is 38.9 Å². The molecule has 0 spiro atoms. The third-order valence-corrected chi connectivity index (χ3v) is 4.80. The van der Waals surface area contributed by atoms with E-state index < -0.39 is 0 Å². The highest BCUT2D eigenvalue weighted by atomic mass is 79.9. The molecule has 2 rings (SSSR count). The Morgan fingerprint density at radius 3 is 3.06 bits per heavy atom. The predicted octanol–water partition coefficient (Wildman–Crippen LogP) is 4.40. The largest absolute Gasteiger partial charge is 0.298 e. The number of hydrogen-bond acceptors (Lipinski definition) is 2. The Bertz CT molecular complexity index is 327. The summed E-state index contributed by atoms with van der Waals surface area (Å²) >= 11 is 11.2. The van der Waals surface area contributed by atoms with E-state index in [2.05, 4.69) is 26.9 Å². The van der Waals surface area contributed by atoms with Crippen LogP contribution < -0.4 is 0 Å². The normalized spacial score (nSPS) is 22.5. The molecule has 1 unspecified atom stereocenters. The van der Waals surface area contributed by atoms with E-state index in [4.69, 9.17) is 11.6 Å². The maximum Gasteiger partial charge on any atom is 0.0931 e. The van der Waals surface area contributed by atoms with Crippen LogP contribution in [0.25, 0.3) is 0 Å². The van der Waals surface area contributed by atoms with Gasteiger partial charge in [-0.05, 0) is 43.9 Å². The van der Waals surface area contributed by atoms with Crippen molar-refractivity contribution < 1.29 is 0 Å². The Balaban J connectivity index is 1.85. The molecular formula is C12H17BrClNS. The lowest BCUT2D eigenvalue weighted by Crippen LogP contribution is -2.34.